The summed E-state index contributed by atoms with van der Waals surface area (Å²) in [6, 6.07) is -0.124. The normalized spacial score (nSPS) is 18.1. The lowest BCUT2D eigenvalue weighted by Crippen LogP contribution is -2.57. The molecule has 1 rings (SSSR count). The number of hydrogen-bond acceptors (Lipinski definition) is 3. The van der Waals surface area contributed by atoms with Gasteiger partial charge >= 0.3 is 6.03 Å². The average molecular weight is 201 g/mol. The van der Waals surface area contributed by atoms with Crippen molar-refractivity contribution in [2.45, 2.75) is 26.3 Å². The molecule has 0 saturated carbocycles. The standard InChI is InChI=1S/C9H19N3O2/c1-9(2,3)12(10)8(13)11-4-6-14-7-5-11/h4-7,10H2,1-3H3. The Bertz CT molecular complexity index is 207. The van der Waals surface area contributed by atoms with E-state index < -0.39 is 0 Å². The third kappa shape index (κ3) is 2.59. The number of carbonyl (C=O) groups is 1. The highest BCUT2D eigenvalue weighted by atomic mass is 16.5. The Morgan fingerprint density at radius 1 is 1.36 bits per heavy atom. The van der Waals surface area contributed by atoms with Gasteiger partial charge in [0.05, 0.1) is 18.8 Å². The topological polar surface area (TPSA) is 58.8 Å². The van der Waals surface area contributed by atoms with Gasteiger partial charge in [-0.1, -0.05) is 0 Å². The minimum atomic E-state index is -0.338. The molecule has 2 N–H and O–H groups in total. The van der Waals surface area contributed by atoms with Crippen LogP contribution in [0.2, 0.25) is 0 Å². The zero-order chi connectivity index (χ0) is 10.8. The summed E-state index contributed by atoms with van der Waals surface area (Å²) in [7, 11) is 0. The Morgan fingerprint density at radius 2 is 1.86 bits per heavy atom. The van der Waals surface area contributed by atoms with Crippen LogP contribution in [-0.4, -0.2) is 47.8 Å². The monoisotopic (exact) mass is 201 g/mol. The molecule has 1 aliphatic rings. The molecule has 0 spiro atoms. The van der Waals surface area contributed by atoms with E-state index in [4.69, 9.17) is 10.6 Å². The van der Waals surface area contributed by atoms with Crippen LogP contribution in [0.4, 0.5) is 4.79 Å². The van der Waals surface area contributed by atoms with Gasteiger partial charge in [-0.25, -0.2) is 10.6 Å². The highest BCUT2D eigenvalue weighted by Gasteiger charge is 2.28. The number of nitrogens with two attached hydrogens (primary N) is 1. The van der Waals surface area contributed by atoms with Crippen LogP contribution >= 0.6 is 0 Å². The Morgan fingerprint density at radius 3 is 2.29 bits per heavy atom. The van der Waals surface area contributed by atoms with Gasteiger partial charge < -0.3 is 9.64 Å². The molecule has 0 atom stereocenters. The van der Waals surface area contributed by atoms with Crippen molar-refractivity contribution >= 4 is 6.03 Å². The van der Waals surface area contributed by atoms with Gasteiger partial charge in [-0.15, -0.1) is 0 Å². The number of hydrogen-bond donors (Lipinski definition) is 1. The summed E-state index contributed by atoms with van der Waals surface area (Å²) >= 11 is 0. The lowest BCUT2D eigenvalue weighted by atomic mass is 10.1. The summed E-state index contributed by atoms with van der Waals surface area (Å²) in [6.07, 6.45) is 0. The van der Waals surface area contributed by atoms with Gasteiger partial charge in [0.25, 0.3) is 0 Å². The average Bonchev–Trinajstić information content (AvgIpc) is 2.15. The van der Waals surface area contributed by atoms with E-state index in [2.05, 4.69) is 0 Å². The molecule has 0 aromatic rings. The van der Waals surface area contributed by atoms with Gasteiger partial charge in [0, 0.05) is 13.1 Å². The second kappa shape index (κ2) is 4.14. The number of carbonyl (C=O) groups excluding carboxylic acids is 1. The summed E-state index contributed by atoms with van der Waals surface area (Å²) in [4.78, 5) is 13.5. The molecule has 0 unspecified atom stereocenters. The first-order chi connectivity index (χ1) is 6.43. The highest BCUT2D eigenvalue weighted by Crippen LogP contribution is 2.11. The molecule has 0 aromatic carbocycles. The van der Waals surface area contributed by atoms with E-state index >= 15 is 0 Å². The maximum Gasteiger partial charge on any atom is 0.334 e. The molecule has 82 valence electrons. The zero-order valence-corrected chi connectivity index (χ0v) is 9.12. The molecule has 1 fully saturated rings. The van der Waals surface area contributed by atoms with Crippen molar-refractivity contribution in [1.82, 2.24) is 9.91 Å². The van der Waals surface area contributed by atoms with Gasteiger partial charge in [-0.3, -0.25) is 5.01 Å². The Balaban J connectivity index is 2.55. The molecule has 0 aliphatic carbocycles. The second-order valence-corrected chi connectivity index (χ2v) is 4.42. The number of rotatable bonds is 0. The number of amides is 2. The fourth-order valence-corrected chi connectivity index (χ4v) is 1.19. The molecular weight excluding hydrogens is 182 g/mol. The third-order valence-corrected chi connectivity index (χ3v) is 2.21. The van der Waals surface area contributed by atoms with Gasteiger partial charge in [-0.05, 0) is 20.8 Å². The van der Waals surface area contributed by atoms with E-state index in [1.807, 2.05) is 20.8 Å². The SMILES string of the molecule is CC(C)(C)N(N)C(=O)N1CCOCC1. The first kappa shape index (κ1) is 11.3. The van der Waals surface area contributed by atoms with E-state index in [9.17, 15) is 4.79 Å². The maximum atomic E-state index is 11.8. The molecule has 1 aliphatic heterocycles. The quantitative estimate of drug-likeness (QED) is 0.351. The summed E-state index contributed by atoms with van der Waals surface area (Å²) in [6.45, 7) is 8.18. The van der Waals surface area contributed by atoms with E-state index in [1.54, 1.807) is 4.90 Å². The molecule has 0 radical (unpaired) electrons. The first-order valence-corrected chi connectivity index (χ1v) is 4.84. The predicted octanol–water partition coefficient (Wildman–Crippen LogP) is 0.413. The van der Waals surface area contributed by atoms with Crippen LogP contribution in [0.1, 0.15) is 20.8 Å². The highest BCUT2D eigenvalue weighted by molar-refractivity contribution is 5.74. The summed E-state index contributed by atoms with van der Waals surface area (Å²) in [5.41, 5.74) is -0.338. The van der Waals surface area contributed by atoms with Crippen LogP contribution in [0.15, 0.2) is 0 Å². The fraction of sp³-hybridized carbons (Fsp3) is 0.889. The van der Waals surface area contributed by atoms with Crippen LogP contribution in [-0.2, 0) is 4.74 Å². The van der Waals surface area contributed by atoms with Crippen molar-refractivity contribution in [2.75, 3.05) is 26.3 Å². The van der Waals surface area contributed by atoms with Gasteiger partial charge in [0.1, 0.15) is 0 Å². The fourth-order valence-electron chi connectivity index (χ4n) is 1.19. The Labute approximate surface area is 84.8 Å². The van der Waals surface area contributed by atoms with Crippen molar-refractivity contribution in [3.05, 3.63) is 0 Å². The molecule has 1 saturated heterocycles. The molecule has 2 amide bonds. The van der Waals surface area contributed by atoms with Crippen molar-refractivity contribution in [2.24, 2.45) is 5.84 Å². The molecule has 0 aromatic heterocycles. The van der Waals surface area contributed by atoms with Crippen LogP contribution < -0.4 is 5.84 Å². The van der Waals surface area contributed by atoms with E-state index in [-0.39, 0.29) is 11.6 Å². The minimum absolute atomic E-state index is 0.124. The van der Waals surface area contributed by atoms with Gasteiger partial charge in [0.2, 0.25) is 0 Å². The van der Waals surface area contributed by atoms with Crippen molar-refractivity contribution in [3.63, 3.8) is 0 Å². The molecule has 5 nitrogen and oxygen atoms in total. The molecule has 0 bridgehead atoms. The van der Waals surface area contributed by atoms with Crippen molar-refractivity contribution < 1.29 is 9.53 Å². The second-order valence-electron chi connectivity index (χ2n) is 4.42. The van der Waals surface area contributed by atoms with E-state index in [0.717, 1.165) is 0 Å². The van der Waals surface area contributed by atoms with Crippen LogP contribution in [0.5, 0.6) is 0 Å². The van der Waals surface area contributed by atoms with Crippen LogP contribution in [0.3, 0.4) is 0 Å². The lowest BCUT2D eigenvalue weighted by Gasteiger charge is -2.37. The summed E-state index contributed by atoms with van der Waals surface area (Å²) in [5.74, 6) is 5.73. The summed E-state index contributed by atoms with van der Waals surface area (Å²) < 4.78 is 5.16. The lowest BCUT2D eigenvalue weighted by molar-refractivity contribution is 0.0335. The van der Waals surface area contributed by atoms with E-state index in [0.29, 0.717) is 26.3 Å². The molecule has 1 heterocycles. The molecule has 5 heteroatoms. The largest absolute Gasteiger partial charge is 0.378 e. The zero-order valence-electron chi connectivity index (χ0n) is 9.12. The van der Waals surface area contributed by atoms with Crippen molar-refractivity contribution in [1.29, 1.82) is 0 Å². The number of urea groups is 1. The third-order valence-electron chi connectivity index (χ3n) is 2.21. The molecule has 14 heavy (non-hydrogen) atoms. The number of hydrazine groups is 1. The van der Waals surface area contributed by atoms with Crippen LogP contribution in [0.25, 0.3) is 0 Å². The summed E-state index contributed by atoms with van der Waals surface area (Å²) in [5, 5.41) is 1.28. The first-order valence-electron chi connectivity index (χ1n) is 4.84. The van der Waals surface area contributed by atoms with Crippen molar-refractivity contribution in [3.8, 4) is 0 Å². The van der Waals surface area contributed by atoms with E-state index in [1.165, 1.54) is 5.01 Å². The smallest absolute Gasteiger partial charge is 0.334 e. The maximum absolute atomic E-state index is 11.8. The Kier molecular flexibility index (Phi) is 3.34. The van der Waals surface area contributed by atoms with Gasteiger partial charge in [-0.2, -0.15) is 0 Å². The number of morpholine rings is 1. The Hall–Kier alpha value is -0.810. The van der Waals surface area contributed by atoms with Crippen LogP contribution in [0, 0.1) is 0 Å². The van der Waals surface area contributed by atoms with Gasteiger partial charge in [0.15, 0.2) is 0 Å². The minimum Gasteiger partial charge on any atom is -0.378 e. The predicted molar refractivity (Wildman–Crippen MR) is 53.6 cm³/mol. The number of ether oxygens (including phenoxy) is 1. The number of nitrogens with zero attached hydrogens (tertiary/aromatic N) is 2. The molecular formula is C9H19N3O2.